The van der Waals surface area contributed by atoms with Crippen LogP contribution in [0.1, 0.15) is 25.1 Å². The largest absolute Gasteiger partial charge is 0.342 e. The van der Waals surface area contributed by atoms with Crippen LogP contribution in [0.2, 0.25) is 0 Å². The highest BCUT2D eigenvalue weighted by Gasteiger charge is 2.28. The first-order chi connectivity index (χ1) is 13.2. The number of nitrogens with zero attached hydrogens (tertiary/aromatic N) is 4. The van der Waals surface area contributed by atoms with E-state index in [2.05, 4.69) is 20.4 Å². The van der Waals surface area contributed by atoms with Gasteiger partial charge in [0.05, 0.1) is 23.6 Å². The molecule has 0 saturated carbocycles. The van der Waals surface area contributed by atoms with Gasteiger partial charge in [0.15, 0.2) is 0 Å². The number of amides is 2. The van der Waals surface area contributed by atoms with Crippen molar-refractivity contribution < 1.29 is 9.18 Å². The number of aromatic nitrogens is 4. The second-order valence-electron chi connectivity index (χ2n) is 6.90. The Kier molecular flexibility index (Phi) is 5.04. The van der Waals surface area contributed by atoms with Crippen LogP contribution in [0.15, 0.2) is 36.7 Å². The number of fused-ring (bicyclic) bond motifs is 1. The van der Waals surface area contributed by atoms with Gasteiger partial charge in [0.25, 0.3) is 0 Å². The molecule has 2 N–H and O–H groups in total. The predicted octanol–water partition coefficient (Wildman–Crippen LogP) is 2.71. The lowest BCUT2D eigenvalue weighted by Gasteiger charge is -2.25. The van der Waals surface area contributed by atoms with Gasteiger partial charge < -0.3 is 15.2 Å². The van der Waals surface area contributed by atoms with Crippen LogP contribution in [-0.2, 0) is 13.0 Å². The topological polar surface area (TPSA) is 78.8 Å². The average Bonchev–Trinajstić information content (AvgIpc) is 3.39. The van der Waals surface area contributed by atoms with Gasteiger partial charge in [-0.3, -0.25) is 4.68 Å². The van der Waals surface area contributed by atoms with E-state index in [0.717, 1.165) is 43.7 Å². The molecule has 8 heteroatoms. The molecule has 1 aromatic carbocycles. The van der Waals surface area contributed by atoms with Gasteiger partial charge in [0.2, 0.25) is 0 Å². The number of carbonyl (C=O) groups is 1. The lowest BCUT2D eigenvalue weighted by molar-refractivity contribution is 0.186. The SMILES string of the molecule is O=C(NCCCc1nc2ccc(F)cc2[nH]1)N1CCC[C@H]1Cn1cccn1. The molecule has 3 heterocycles. The van der Waals surface area contributed by atoms with Gasteiger partial charge in [-0.1, -0.05) is 0 Å². The minimum absolute atomic E-state index is 0.0173. The number of rotatable bonds is 6. The maximum Gasteiger partial charge on any atom is 0.317 e. The number of halogens is 1. The van der Waals surface area contributed by atoms with Gasteiger partial charge in [-0.2, -0.15) is 5.10 Å². The molecule has 7 nitrogen and oxygen atoms in total. The van der Waals surface area contributed by atoms with Crippen molar-refractivity contribution in [2.45, 2.75) is 38.3 Å². The summed E-state index contributed by atoms with van der Waals surface area (Å²) in [5.41, 5.74) is 1.46. The second-order valence-corrected chi connectivity index (χ2v) is 6.90. The average molecular weight is 370 g/mol. The molecule has 0 unspecified atom stereocenters. The van der Waals surface area contributed by atoms with Gasteiger partial charge in [0, 0.05) is 31.9 Å². The molecule has 1 aliphatic rings. The fourth-order valence-electron chi connectivity index (χ4n) is 3.62. The number of likely N-dealkylation sites (tertiary alicyclic amines) is 1. The summed E-state index contributed by atoms with van der Waals surface area (Å²) in [5.74, 6) is 0.530. The molecular formula is C19H23FN6O. The maximum atomic E-state index is 13.2. The molecule has 0 radical (unpaired) electrons. The first kappa shape index (κ1) is 17.5. The number of aromatic amines is 1. The molecule has 3 aromatic rings. The second kappa shape index (κ2) is 7.77. The molecular weight excluding hydrogens is 347 g/mol. The van der Waals surface area contributed by atoms with Crippen LogP contribution in [0.4, 0.5) is 9.18 Å². The van der Waals surface area contributed by atoms with E-state index in [9.17, 15) is 9.18 Å². The first-order valence-corrected chi connectivity index (χ1v) is 9.35. The molecule has 0 spiro atoms. The van der Waals surface area contributed by atoms with Gasteiger partial charge in [-0.05, 0) is 43.5 Å². The molecule has 142 valence electrons. The summed E-state index contributed by atoms with van der Waals surface area (Å²) in [4.78, 5) is 22.0. The quantitative estimate of drug-likeness (QED) is 0.655. The van der Waals surface area contributed by atoms with Crippen molar-refractivity contribution in [2.75, 3.05) is 13.1 Å². The Balaban J connectivity index is 1.25. The van der Waals surface area contributed by atoms with Gasteiger partial charge in [-0.25, -0.2) is 14.2 Å². The van der Waals surface area contributed by atoms with Crippen LogP contribution < -0.4 is 5.32 Å². The standard InChI is InChI=1S/C19H23FN6O/c20-14-6-7-16-17(12-14)24-18(23-16)5-1-8-21-19(27)26-11-2-4-15(26)13-25-10-3-9-22-25/h3,6-7,9-10,12,15H,1-2,4-5,8,11,13H2,(H,21,27)(H,23,24)/t15-/m0/s1. The number of hydrogen-bond donors (Lipinski definition) is 2. The van der Waals surface area contributed by atoms with Crippen LogP contribution in [0.3, 0.4) is 0 Å². The van der Waals surface area contributed by atoms with Crippen LogP contribution in [0.25, 0.3) is 11.0 Å². The molecule has 2 aromatic heterocycles. The monoisotopic (exact) mass is 370 g/mol. The van der Waals surface area contributed by atoms with Crippen molar-refractivity contribution in [1.29, 1.82) is 0 Å². The lowest BCUT2D eigenvalue weighted by atomic mass is 10.2. The summed E-state index contributed by atoms with van der Waals surface area (Å²) in [7, 11) is 0. The maximum absolute atomic E-state index is 13.2. The van der Waals surface area contributed by atoms with Gasteiger partial charge in [-0.15, -0.1) is 0 Å². The minimum atomic E-state index is -0.278. The zero-order valence-electron chi connectivity index (χ0n) is 15.1. The van der Waals surface area contributed by atoms with Crippen molar-refractivity contribution in [1.82, 2.24) is 30.0 Å². The van der Waals surface area contributed by atoms with Crippen molar-refractivity contribution in [3.8, 4) is 0 Å². The minimum Gasteiger partial charge on any atom is -0.342 e. The lowest BCUT2D eigenvalue weighted by Crippen LogP contribution is -2.44. The number of urea groups is 1. The first-order valence-electron chi connectivity index (χ1n) is 9.35. The summed E-state index contributed by atoms with van der Waals surface area (Å²) >= 11 is 0. The Morgan fingerprint density at radius 1 is 1.41 bits per heavy atom. The fraction of sp³-hybridized carbons (Fsp3) is 0.421. The number of aryl methyl sites for hydroxylation is 1. The Morgan fingerprint density at radius 2 is 2.33 bits per heavy atom. The van der Waals surface area contributed by atoms with Crippen molar-refractivity contribution in [3.05, 3.63) is 48.3 Å². The van der Waals surface area contributed by atoms with Crippen molar-refractivity contribution >= 4 is 17.1 Å². The van der Waals surface area contributed by atoms with Crippen LogP contribution in [0.5, 0.6) is 0 Å². The summed E-state index contributed by atoms with van der Waals surface area (Å²) in [5, 5.41) is 7.23. The number of H-pyrrole nitrogens is 1. The van der Waals surface area contributed by atoms with Crippen LogP contribution >= 0.6 is 0 Å². The van der Waals surface area contributed by atoms with Crippen molar-refractivity contribution in [2.24, 2.45) is 0 Å². The van der Waals surface area contributed by atoms with Gasteiger partial charge in [0.1, 0.15) is 11.6 Å². The molecule has 4 rings (SSSR count). The Bertz CT molecular complexity index is 906. The normalized spacial score (nSPS) is 16.9. The predicted molar refractivity (Wildman–Crippen MR) is 99.7 cm³/mol. The number of carbonyl (C=O) groups excluding carboxylic acids is 1. The van der Waals surface area contributed by atoms with E-state index < -0.39 is 0 Å². The summed E-state index contributed by atoms with van der Waals surface area (Å²) in [6.07, 6.45) is 7.18. The third kappa shape index (κ3) is 4.10. The van der Waals surface area contributed by atoms with Crippen molar-refractivity contribution in [3.63, 3.8) is 0 Å². The summed E-state index contributed by atoms with van der Waals surface area (Å²) < 4.78 is 15.1. The van der Waals surface area contributed by atoms with E-state index in [0.29, 0.717) is 18.5 Å². The number of imidazole rings is 1. The smallest absolute Gasteiger partial charge is 0.317 e. The molecule has 1 atom stereocenters. The van der Waals surface area contributed by atoms with E-state index >= 15 is 0 Å². The highest BCUT2D eigenvalue weighted by Crippen LogP contribution is 2.19. The van der Waals surface area contributed by atoms with Gasteiger partial charge >= 0.3 is 6.03 Å². The van der Waals surface area contributed by atoms with E-state index in [-0.39, 0.29) is 17.9 Å². The van der Waals surface area contributed by atoms with Crippen LogP contribution in [0, 0.1) is 5.82 Å². The molecule has 0 bridgehead atoms. The van der Waals surface area contributed by atoms with E-state index in [1.807, 2.05) is 21.8 Å². The molecule has 2 amide bonds. The molecule has 1 saturated heterocycles. The summed E-state index contributed by atoms with van der Waals surface area (Å²) in [6.45, 7) is 2.10. The Morgan fingerprint density at radius 3 is 3.19 bits per heavy atom. The fourth-order valence-corrected chi connectivity index (χ4v) is 3.62. The third-order valence-electron chi connectivity index (χ3n) is 4.95. The molecule has 1 fully saturated rings. The molecule has 1 aliphatic heterocycles. The molecule has 27 heavy (non-hydrogen) atoms. The highest BCUT2D eigenvalue weighted by molar-refractivity contribution is 5.75. The summed E-state index contributed by atoms with van der Waals surface area (Å²) in [6, 6.07) is 6.58. The van der Waals surface area contributed by atoms with E-state index in [1.165, 1.54) is 12.1 Å². The zero-order chi connectivity index (χ0) is 18.6. The van der Waals surface area contributed by atoms with E-state index in [1.54, 1.807) is 12.3 Å². The Hall–Kier alpha value is -2.90. The highest BCUT2D eigenvalue weighted by atomic mass is 19.1. The third-order valence-corrected chi connectivity index (χ3v) is 4.95. The number of benzene rings is 1. The van der Waals surface area contributed by atoms with Crippen LogP contribution in [-0.4, -0.2) is 49.8 Å². The number of nitrogens with one attached hydrogen (secondary N) is 2. The Labute approximate surface area is 156 Å². The number of hydrogen-bond acceptors (Lipinski definition) is 3. The molecule has 0 aliphatic carbocycles. The zero-order valence-corrected chi connectivity index (χ0v) is 15.1. The van der Waals surface area contributed by atoms with E-state index in [4.69, 9.17) is 0 Å².